The molecule has 1 saturated heterocycles. The molecule has 2 aliphatic rings. The minimum absolute atomic E-state index is 0.0856. The predicted molar refractivity (Wildman–Crippen MR) is 31.1 cm³/mol. The Morgan fingerprint density at radius 2 is 2.60 bits per heavy atom. The van der Waals surface area contributed by atoms with Gasteiger partial charge in [-0.1, -0.05) is 0 Å². The van der Waals surface area contributed by atoms with E-state index in [4.69, 9.17) is 14.3 Å². The van der Waals surface area contributed by atoms with Crippen molar-refractivity contribution in [3.05, 3.63) is 12.0 Å². The smallest absolute Gasteiger partial charge is 0.229 e. The van der Waals surface area contributed by atoms with E-state index < -0.39 is 0 Å². The average molecular weight is 144 g/mol. The second kappa shape index (κ2) is 2.45. The van der Waals surface area contributed by atoms with Crippen molar-refractivity contribution >= 4 is 0 Å². The second-order valence-corrected chi connectivity index (χ2v) is 2.06. The van der Waals surface area contributed by atoms with Gasteiger partial charge in [0, 0.05) is 0 Å². The Hall–Kier alpha value is -0.780. The molecule has 2 N–H and O–H groups in total. The molecule has 1 atom stereocenters. The Morgan fingerprint density at radius 3 is 3.20 bits per heavy atom. The standard InChI is InChI=1S/C5H8N2O3/c1-4(6-7-10-1)5-2-8-3-9-5/h2,4,6-7H,1,3H2. The van der Waals surface area contributed by atoms with Crippen LogP contribution in [-0.2, 0) is 14.3 Å². The molecule has 0 saturated carbocycles. The molecule has 2 aliphatic heterocycles. The van der Waals surface area contributed by atoms with Crippen molar-refractivity contribution in [2.24, 2.45) is 0 Å². The summed E-state index contributed by atoms with van der Waals surface area (Å²) >= 11 is 0. The quantitative estimate of drug-likeness (QED) is 0.506. The molecule has 5 nitrogen and oxygen atoms in total. The lowest BCUT2D eigenvalue weighted by Gasteiger charge is -2.05. The van der Waals surface area contributed by atoms with Crippen LogP contribution in [0.2, 0.25) is 0 Å². The van der Waals surface area contributed by atoms with Crippen LogP contribution in [0.15, 0.2) is 12.0 Å². The summed E-state index contributed by atoms with van der Waals surface area (Å²) in [5.74, 6) is 0.782. The van der Waals surface area contributed by atoms with Gasteiger partial charge in [0.05, 0.1) is 6.61 Å². The molecule has 0 aliphatic carbocycles. The average Bonchev–Trinajstić information content (AvgIpc) is 2.59. The minimum atomic E-state index is 0.0856. The molecule has 56 valence electrons. The molecule has 0 aromatic rings. The van der Waals surface area contributed by atoms with Gasteiger partial charge in [-0.25, -0.2) is 5.43 Å². The first-order valence-electron chi connectivity index (χ1n) is 3.03. The lowest BCUT2D eigenvalue weighted by molar-refractivity contribution is 0.0711. The number of rotatable bonds is 1. The van der Waals surface area contributed by atoms with Crippen molar-refractivity contribution in [1.82, 2.24) is 11.0 Å². The molecule has 0 bridgehead atoms. The van der Waals surface area contributed by atoms with Crippen molar-refractivity contribution in [1.29, 1.82) is 0 Å². The first-order chi connectivity index (χ1) is 4.97. The number of nitrogens with one attached hydrogen (secondary N) is 2. The Balaban J connectivity index is 1.97. The SMILES string of the molecule is C1=C(C2CONN2)OCO1. The summed E-state index contributed by atoms with van der Waals surface area (Å²) in [6.07, 6.45) is 1.59. The molecule has 1 unspecified atom stereocenters. The van der Waals surface area contributed by atoms with E-state index in [0.717, 1.165) is 5.76 Å². The highest BCUT2D eigenvalue weighted by molar-refractivity contribution is 5.02. The third-order valence-electron chi connectivity index (χ3n) is 1.39. The molecule has 2 rings (SSSR count). The third-order valence-corrected chi connectivity index (χ3v) is 1.39. The molecule has 1 fully saturated rings. The van der Waals surface area contributed by atoms with E-state index in [2.05, 4.69) is 11.0 Å². The van der Waals surface area contributed by atoms with Gasteiger partial charge in [-0.05, 0) is 0 Å². The molecule has 0 radical (unpaired) electrons. The van der Waals surface area contributed by atoms with E-state index in [9.17, 15) is 0 Å². The number of ether oxygens (including phenoxy) is 2. The van der Waals surface area contributed by atoms with Crippen molar-refractivity contribution < 1.29 is 14.3 Å². The molecule has 0 aromatic heterocycles. The summed E-state index contributed by atoms with van der Waals surface area (Å²) in [4.78, 5) is 4.83. The van der Waals surface area contributed by atoms with Crippen LogP contribution < -0.4 is 11.0 Å². The van der Waals surface area contributed by atoms with Gasteiger partial charge < -0.3 is 9.47 Å². The number of hydrogen-bond donors (Lipinski definition) is 2. The van der Waals surface area contributed by atoms with Gasteiger partial charge in [0.15, 0.2) is 5.76 Å². The summed E-state index contributed by atoms with van der Waals surface area (Å²) < 4.78 is 9.96. The lowest BCUT2D eigenvalue weighted by atomic mass is 10.3. The van der Waals surface area contributed by atoms with Crippen molar-refractivity contribution in [3.8, 4) is 0 Å². The van der Waals surface area contributed by atoms with Crippen molar-refractivity contribution in [2.75, 3.05) is 13.4 Å². The van der Waals surface area contributed by atoms with E-state index >= 15 is 0 Å². The molecule has 5 heteroatoms. The van der Waals surface area contributed by atoms with Crippen LogP contribution in [0.25, 0.3) is 0 Å². The Bertz CT molecular complexity index is 153. The summed E-state index contributed by atoms with van der Waals surface area (Å²) in [6, 6.07) is 0.0856. The second-order valence-electron chi connectivity index (χ2n) is 2.06. The zero-order valence-corrected chi connectivity index (χ0v) is 5.29. The van der Waals surface area contributed by atoms with E-state index in [0.29, 0.717) is 13.4 Å². The third kappa shape index (κ3) is 0.942. The Morgan fingerprint density at radius 1 is 1.60 bits per heavy atom. The predicted octanol–water partition coefficient (Wildman–Crippen LogP) is -0.760. The van der Waals surface area contributed by atoms with Crippen LogP contribution in [0.4, 0.5) is 0 Å². The van der Waals surface area contributed by atoms with Crippen molar-refractivity contribution in [2.45, 2.75) is 6.04 Å². The van der Waals surface area contributed by atoms with Gasteiger partial charge in [0.2, 0.25) is 6.79 Å². The van der Waals surface area contributed by atoms with Crippen LogP contribution in [-0.4, -0.2) is 19.4 Å². The Kier molecular flexibility index (Phi) is 1.46. The van der Waals surface area contributed by atoms with Crippen molar-refractivity contribution in [3.63, 3.8) is 0 Å². The zero-order chi connectivity index (χ0) is 6.81. The minimum Gasteiger partial charge on any atom is -0.462 e. The number of hydrazine groups is 1. The summed E-state index contributed by atoms with van der Waals surface area (Å²) in [5, 5.41) is 0. The van der Waals surface area contributed by atoms with Gasteiger partial charge in [-0.2, -0.15) is 0 Å². The fraction of sp³-hybridized carbons (Fsp3) is 0.600. The topological polar surface area (TPSA) is 51.8 Å². The molecule has 0 aromatic carbocycles. The first kappa shape index (κ1) is 5.96. The molecule has 0 amide bonds. The molecule has 10 heavy (non-hydrogen) atoms. The molecular weight excluding hydrogens is 136 g/mol. The lowest BCUT2D eigenvalue weighted by Crippen LogP contribution is -2.31. The zero-order valence-electron chi connectivity index (χ0n) is 5.29. The fourth-order valence-electron chi connectivity index (χ4n) is 0.868. The van der Waals surface area contributed by atoms with E-state index in [1.165, 1.54) is 0 Å². The Labute approximate surface area is 57.9 Å². The van der Waals surface area contributed by atoms with Gasteiger partial charge in [-0.3, -0.25) is 4.84 Å². The van der Waals surface area contributed by atoms with Crippen LogP contribution in [0.1, 0.15) is 0 Å². The maximum atomic E-state index is 5.09. The fourth-order valence-corrected chi connectivity index (χ4v) is 0.868. The summed E-state index contributed by atoms with van der Waals surface area (Å²) in [6.45, 7) is 0.878. The summed E-state index contributed by atoms with van der Waals surface area (Å²) in [7, 11) is 0. The summed E-state index contributed by atoms with van der Waals surface area (Å²) in [5.41, 5.74) is 5.38. The van der Waals surface area contributed by atoms with Gasteiger partial charge in [-0.15, -0.1) is 5.59 Å². The van der Waals surface area contributed by atoms with Crippen LogP contribution in [0.3, 0.4) is 0 Å². The maximum absolute atomic E-state index is 5.09. The van der Waals surface area contributed by atoms with Gasteiger partial charge in [0.1, 0.15) is 12.3 Å². The normalized spacial score (nSPS) is 31.2. The molecule has 2 heterocycles. The highest BCUT2D eigenvalue weighted by Crippen LogP contribution is 2.12. The van der Waals surface area contributed by atoms with Gasteiger partial charge in [0.25, 0.3) is 0 Å². The van der Waals surface area contributed by atoms with Gasteiger partial charge >= 0.3 is 0 Å². The van der Waals surface area contributed by atoms with E-state index in [-0.39, 0.29) is 6.04 Å². The molecular formula is C5H8N2O3. The first-order valence-corrected chi connectivity index (χ1v) is 3.03. The highest BCUT2D eigenvalue weighted by atomic mass is 16.7. The van der Waals surface area contributed by atoms with Crippen LogP contribution in [0, 0.1) is 0 Å². The monoisotopic (exact) mass is 144 g/mol. The number of hydrogen-bond acceptors (Lipinski definition) is 5. The van der Waals surface area contributed by atoms with E-state index in [1.807, 2.05) is 0 Å². The largest absolute Gasteiger partial charge is 0.462 e. The maximum Gasteiger partial charge on any atom is 0.229 e. The highest BCUT2D eigenvalue weighted by Gasteiger charge is 2.23. The van der Waals surface area contributed by atoms with Crippen LogP contribution >= 0.6 is 0 Å². The molecule has 0 spiro atoms. The van der Waals surface area contributed by atoms with Crippen LogP contribution in [0.5, 0.6) is 0 Å². The van der Waals surface area contributed by atoms with E-state index in [1.54, 1.807) is 6.26 Å².